The Kier molecular flexibility index (Phi) is 6.90. The van der Waals surface area contributed by atoms with Crippen molar-refractivity contribution in [3.05, 3.63) is 154 Å². The lowest BCUT2D eigenvalue weighted by Gasteiger charge is -2.14. The summed E-state index contributed by atoms with van der Waals surface area (Å²) in [6, 6.07) is 42.4. The molecule has 8 bridgehead atoms. The summed E-state index contributed by atoms with van der Waals surface area (Å²) in [5.74, 6) is 0. The number of benzene rings is 4. The SMILES string of the molecule is c1cc2ccc1CCc1ccc(c(-c3ccc(-c4ccc(-c5cc6ccc5CCc5ccc(cc5)CC6)s4)s3)c1)CC2. The highest BCUT2D eigenvalue weighted by atomic mass is 32.1. The van der Waals surface area contributed by atoms with Gasteiger partial charge in [-0.3, -0.25) is 0 Å². The Labute approximate surface area is 257 Å². The van der Waals surface area contributed by atoms with Crippen LogP contribution in [0.2, 0.25) is 0 Å². The second kappa shape index (κ2) is 11.2. The molecule has 14 rings (SSSR count). The van der Waals surface area contributed by atoms with Crippen molar-refractivity contribution in [2.45, 2.75) is 51.4 Å². The van der Waals surface area contributed by atoms with Crippen molar-refractivity contribution in [1.82, 2.24) is 0 Å². The summed E-state index contributed by atoms with van der Waals surface area (Å²) in [7, 11) is 0. The van der Waals surface area contributed by atoms with E-state index in [2.05, 4.69) is 109 Å². The number of thiophene rings is 2. The molecule has 8 aliphatic rings. The molecule has 206 valence electrons. The van der Waals surface area contributed by atoms with Crippen LogP contribution in [-0.4, -0.2) is 0 Å². The summed E-state index contributed by atoms with van der Waals surface area (Å²) < 4.78 is 0. The van der Waals surface area contributed by atoms with Crippen LogP contribution in [0.4, 0.5) is 0 Å². The Hall–Kier alpha value is -3.72. The second-order valence-corrected chi connectivity index (χ2v) is 14.1. The highest BCUT2D eigenvalue weighted by Crippen LogP contribution is 2.42. The molecule has 0 fully saturated rings. The molecule has 4 aromatic carbocycles. The van der Waals surface area contributed by atoms with Gasteiger partial charge in [0, 0.05) is 19.5 Å². The number of aryl methyl sites for hydroxylation is 8. The van der Waals surface area contributed by atoms with E-state index < -0.39 is 0 Å². The van der Waals surface area contributed by atoms with Crippen molar-refractivity contribution < 1.29 is 0 Å². The first-order valence-corrected chi connectivity index (χ1v) is 17.0. The monoisotopic (exact) mass is 578 g/mol. The minimum absolute atomic E-state index is 1.08. The van der Waals surface area contributed by atoms with E-state index in [9.17, 15) is 0 Å². The third-order valence-corrected chi connectivity index (χ3v) is 11.6. The lowest BCUT2D eigenvalue weighted by Crippen LogP contribution is -1.99. The first kappa shape index (κ1) is 25.9. The van der Waals surface area contributed by atoms with Crippen LogP contribution in [0.5, 0.6) is 0 Å². The third kappa shape index (κ3) is 5.30. The molecule has 0 spiro atoms. The van der Waals surface area contributed by atoms with Crippen molar-refractivity contribution in [3.63, 3.8) is 0 Å². The van der Waals surface area contributed by atoms with E-state index in [0.717, 1.165) is 51.4 Å². The van der Waals surface area contributed by atoms with Gasteiger partial charge < -0.3 is 0 Å². The Morgan fingerprint density at radius 2 is 0.595 bits per heavy atom. The second-order valence-electron chi connectivity index (χ2n) is 11.9. The van der Waals surface area contributed by atoms with E-state index in [4.69, 9.17) is 0 Å². The van der Waals surface area contributed by atoms with Gasteiger partial charge in [-0.05, 0) is 131 Å². The first-order valence-electron chi connectivity index (χ1n) is 15.3. The average molecular weight is 579 g/mol. The Bertz CT molecular complexity index is 1730. The molecule has 2 aromatic heterocycles. The van der Waals surface area contributed by atoms with Crippen LogP contribution in [0.15, 0.2) is 109 Å². The normalized spacial score (nSPS) is 14.4. The molecule has 0 nitrogen and oxygen atoms in total. The van der Waals surface area contributed by atoms with Crippen LogP contribution in [-0.2, 0) is 51.4 Å². The van der Waals surface area contributed by atoms with Crippen LogP contribution < -0.4 is 0 Å². The van der Waals surface area contributed by atoms with Crippen LogP contribution in [0.25, 0.3) is 30.6 Å². The van der Waals surface area contributed by atoms with Crippen LogP contribution in [0.1, 0.15) is 44.5 Å². The van der Waals surface area contributed by atoms with E-state index in [0.29, 0.717) is 0 Å². The van der Waals surface area contributed by atoms with Crippen molar-refractivity contribution in [2.75, 3.05) is 0 Å². The van der Waals surface area contributed by atoms with Crippen molar-refractivity contribution >= 4 is 22.7 Å². The third-order valence-electron chi connectivity index (χ3n) is 9.15. The topological polar surface area (TPSA) is 0 Å². The van der Waals surface area contributed by atoms with Crippen molar-refractivity contribution in [3.8, 4) is 30.6 Å². The molecule has 0 aliphatic heterocycles. The fraction of sp³-hybridized carbons (Fsp3) is 0.200. The summed E-state index contributed by atoms with van der Waals surface area (Å²) in [5, 5.41) is 0. The maximum absolute atomic E-state index is 2.47. The lowest BCUT2D eigenvalue weighted by atomic mass is 9.93. The summed E-state index contributed by atoms with van der Waals surface area (Å²) in [5.41, 5.74) is 14.4. The van der Waals surface area contributed by atoms with Gasteiger partial charge in [0.1, 0.15) is 0 Å². The first-order chi connectivity index (χ1) is 20.7. The maximum atomic E-state index is 2.47. The maximum Gasteiger partial charge on any atom is 0.0449 e. The van der Waals surface area contributed by atoms with Gasteiger partial charge >= 0.3 is 0 Å². The highest BCUT2D eigenvalue weighted by Gasteiger charge is 2.16. The van der Waals surface area contributed by atoms with Gasteiger partial charge in [-0.1, -0.05) is 84.9 Å². The molecule has 2 heterocycles. The van der Waals surface area contributed by atoms with Crippen LogP contribution in [0, 0.1) is 0 Å². The molecule has 0 N–H and O–H groups in total. The molecule has 0 amide bonds. The van der Waals surface area contributed by atoms with Gasteiger partial charge in [0.2, 0.25) is 0 Å². The Balaban J connectivity index is 1.09. The van der Waals surface area contributed by atoms with Crippen molar-refractivity contribution in [2.24, 2.45) is 0 Å². The van der Waals surface area contributed by atoms with E-state index in [-0.39, 0.29) is 0 Å². The van der Waals surface area contributed by atoms with Gasteiger partial charge in [-0.25, -0.2) is 0 Å². The van der Waals surface area contributed by atoms with Gasteiger partial charge in [0.15, 0.2) is 0 Å². The van der Waals surface area contributed by atoms with Crippen LogP contribution >= 0.6 is 22.7 Å². The predicted octanol–water partition coefficient (Wildman–Crippen LogP) is 10.6. The molecule has 0 saturated heterocycles. The van der Waals surface area contributed by atoms with Gasteiger partial charge in [0.25, 0.3) is 0 Å². The quantitative estimate of drug-likeness (QED) is 0.196. The fourth-order valence-corrected chi connectivity index (χ4v) is 8.77. The van der Waals surface area contributed by atoms with E-state index in [1.807, 2.05) is 22.7 Å². The lowest BCUT2D eigenvalue weighted by molar-refractivity contribution is 0.924. The Morgan fingerprint density at radius 1 is 0.286 bits per heavy atom. The molecule has 0 atom stereocenters. The zero-order valence-electron chi connectivity index (χ0n) is 23.9. The molecular weight excluding hydrogens is 545 g/mol. The molecule has 2 heteroatoms. The number of hydrogen-bond acceptors (Lipinski definition) is 2. The summed E-state index contributed by atoms with van der Waals surface area (Å²) >= 11 is 3.91. The largest absolute Gasteiger partial charge is 0.134 e. The number of hydrogen-bond donors (Lipinski definition) is 0. The zero-order chi connectivity index (χ0) is 27.9. The zero-order valence-corrected chi connectivity index (χ0v) is 25.5. The predicted molar refractivity (Wildman–Crippen MR) is 181 cm³/mol. The van der Waals surface area contributed by atoms with Gasteiger partial charge in [-0.15, -0.1) is 22.7 Å². The molecule has 42 heavy (non-hydrogen) atoms. The molecule has 0 unspecified atom stereocenters. The molecule has 8 aliphatic carbocycles. The van der Waals surface area contributed by atoms with E-state index >= 15 is 0 Å². The number of rotatable bonds is 3. The fourth-order valence-electron chi connectivity index (χ4n) is 6.56. The summed E-state index contributed by atoms with van der Waals surface area (Å²) in [6.07, 6.45) is 8.71. The molecule has 6 aromatic rings. The molecule has 0 radical (unpaired) electrons. The standard InChI is InChI=1S/C40H34S2/c1-5-29-6-2-27(1)9-11-31-15-19-33(17-13-29)35(25-31)37-21-23-39(41-37)40-24-22-38(42-40)36-26-32-12-10-28-3-7-30(8-4-28)14-18-34(36)20-16-32/h1-8,15-16,19-26H,9-14,17-18H2. The smallest absolute Gasteiger partial charge is 0.0449 e. The molecule has 0 saturated carbocycles. The summed E-state index contributed by atoms with van der Waals surface area (Å²) in [4.78, 5) is 5.54. The van der Waals surface area contributed by atoms with Crippen LogP contribution in [0.3, 0.4) is 0 Å². The Morgan fingerprint density at radius 3 is 1.00 bits per heavy atom. The van der Waals surface area contributed by atoms with Gasteiger partial charge in [0.05, 0.1) is 0 Å². The van der Waals surface area contributed by atoms with Gasteiger partial charge in [-0.2, -0.15) is 0 Å². The minimum atomic E-state index is 1.08. The van der Waals surface area contributed by atoms with Crippen molar-refractivity contribution in [1.29, 1.82) is 0 Å². The van der Waals surface area contributed by atoms with E-state index in [1.54, 1.807) is 0 Å². The summed E-state index contributed by atoms with van der Waals surface area (Å²) in [6.45, 7) is 0. The van der Waals surface area contributed by atoms with E-state index in [1.165, 1.54) is 75.1 Å². The average Bonchev–Trinajstić information content (AvgIpc) is 3.71. The highest BCUT2D eigenvalue weighted by molar-refractivity contribution is 7.25. The molecular formula is C40H34S2. The minimum Gasteiger partial charge on any atom is -0.134 e.